The predicted octanol–water partition coefficient (Wildman–Crippen LogP) is 1.35. The first-order valence-corrected chi connectivity index (χ1v) is 7.08. The molecule has 0 spiro atoms. The molecule has 0 aromatic carbocycles. The molecule has 2 saturated heterocycles. The molecule has 0 bridgehead atoms. The first-order chi connectivity index (χ1) is 10.0. The highest BCUT2D eigenvalue weighted by Gasteiger charge is 2.47. The van der Waals surface area contributed by atoms with E-state index in [0.717, 1.165) is 6.20 Å². The van der Waals surface area contributed by atoms with Gasteiger partial charge in [0.25, 0.3) is 5.91 Å². The van der Waals surface area contributed by atoms with Crippen LogP contribution < -0.4 is 4.90 Å². The van der Waals surface area contributed by atoms with Gasteiger partial charge in [-0.2, -0.15) is 0 Å². The molecule has 112 valence electrons. The lowest BCUT2D eigenvalue weighted by Crippen LogP contribution is -2.53. The topological polar surface area (TPSA) is 56.8 Å². The fourth-order valence-electron chi connectivity index (χ4n) is 2.85. The number of carbonyl (C=O) groups is 2. The minimum Gasteiger partial charge on any atom is -0.363 e. The van der Waals surface area contributed by atoms with Gasteiger partial charge in [0.15, 0.2) is 5.82 Å². The minimum absolute atomic E-state index is 0.201. The molecule has 21 heavy (non-hydrogen) atoms. The van der Waals surface area contributed by atoms with Crippen molar-refractivity contribution in [2.75, 3.05) is 31.1 Å². The first-order valence-electron chi connectivity index (χ1n) is 6.70. The van der Waals surface area contributed by atoms with Gasteiger partial charge in [0.1, 0.15) is 6.04 Å². The zero-order chi connectivity index (χ0) is 15.1. The van der Waals surface area contributed by atoms with Crippen molar-refractivity contribution in [2.45, 2.75) is 13.0 Å². The van der Waals surface area contributed by atoms with E-state index >= 15 is 0 Å². The number of amides is 3. The smallest absolute Gasteiger partial charge is 0.327 e. The SMILES string of the molecule is CCN1C(=O)C2CN(c3c(F)cncc3Cl)CCN2C1=O. The van der Waals surface area contributed by atoms with Crippen molar-refractivity contribution in [1.82, 2.24) is 14.8 Å². The van der Waals surface area contributed by atoms with E-state index in [0.29, 0.717) is 19.6 Å². The highest BCUT2D eigenvalue weighted by molar-refractivity contribution is 6.33. The van der Waals surface area contributed by atoms with Gasteiger partial charge in [-0.25, -0.2) is 9.18 Å². The molecule has 1 aromatic rings. The molecule has 0 N–H and O–H groups in total. The number of likely N-dealkylation sites (N-methyl/N-ethyl adjacent to an activating group) is 1. The Bertz CT molecular complexity index is 592. The van der Waals surface area contributed by atoms with E-state index in [1.54, 1.807) is 11.8 Å². The van der Waals surface area contributed by atoms with Gasteiger partial charge in [-0.15, -0.1) is 0 Å². The van der Waals surface area contributed by atoms with Gasteiger partial charge >= 0.3 is 6.03 Å². The van der Waals surface area contributed by atoms with E-state index in [2.05, 4.69) is 4.98 Å². The Kier molecular flexibility index (Phi) is 3.44. The zero-order valence-electron chi connectivity index (χ0n) is 11.4. The number of hydrogen-bond acceptors (Lipinski definition) is 4. The third-order valence-electron chi connectivity index (χ3n) is 3.87. The maximum atomic E-state index is 13.9. The van der Waals surface area contributed by atoms with Gasteiger partial charge in [-0.05, 0) is 6.92 Å². The number of aromatic nitrogens is 1. The van der Waals surface area contributed by atoms with E-state index in [1.807, 2.05) is 0 Å². The molecule has 0 radical (unpaired) electrons. The molecule has 0 saturated carbocycles. The van der Waals surface area contributed by atoms with Crippen LogP contribution in [0.4, 0.5) is 14.9 Å². The monoisotopic (exact) mass is 312 g/mol. The number of anilines is 1. The molecule has 8 heteroatoms. The maximum absolute atomic E-state index is 13.9. The number of piperazine rings is 1. The normalized spacial score (nSPS) is 22.0. The van der Waals surface area contributed by atoms with E-state index in [-0.39, 0.29) is 29.2 Å². The molecule has 1 aromatic heterocycles. The molecule has 2 fully saturated rings. The summed E-state index contributed by atoms with van der Waals surface area (Å²) in [6.07, 6.45) is 2.46. The van der Waals surface area contributed by atoms with Crippen LogP contribution in [0.5, 0.6) is 0 Å². The molecular formula is C13H14ClFN4O2. The fraction of sp³-hybridized carbons (Fsp3) is 0.462. The number of rotatable bonds is 2. The van der Waals surface area contributed by atoms with Crippen molar-refractivity contribution in [2.24, 2.45) is 0 Å². The third-order valence-corrected chi connectivity index (χ3v) is 4.15. The van der Waals surface area contributed by atoms with Gasteiger partial charge in [-0.3, -0.25) is 14.7 Å². The van der Waals surface area contributed by atoms with E-state index in [1.165, 1.54) is 16.0 Å². The Morgan fingerprint density at radius 3 is 2.81 bits per heavy atom. The summed E-state index contributed by atoms with van der Waals surface area (Å²) < 4.78 is 13.9. The van der Waals surface area contributed by atoms with Crippen LogP contribution >= 0.6 is 11.6 Å². The Labute approximate surface area is 126 Å². The first kappa shape index (κ1) is 14.1. The van der Waals surface area contributed by atoms with Crippen LogP contribution in [-0.2, 0) is 4.79 Å². The van der Waals surface area contributed by atoms with Gasteiger partial charge < -0.3 is 9.80 Å². The Morgan fingerprint density at radius 2 is 2.14 bits per heavy atom. The van der Waals surface area contributed by atoms with Crippen LogP contribution in [0.15, 0.2) is 12.4 Å². The third kappa shape index (κ3) is 2.12. The molecule has 1 unspecified atom stereocenters. The predicted molar refractivity (Wildman–Crippen MR) is 74.7 cm³/mol. The van der Waals surface area contributed by atoms with Gasteiger partial charge in [0.05, 0.1) is 16.9 Å². The van der Waals surface area contributed by atoms with Crippen LogP contribution in [0.2, 0.25) is 5.02 Å². The Hall–Kier alpha value is -1.89. The lowest BCUT2D eigenvalue weighted by Gasteiger charge is -2.37. The molecule has 2 aliphatic rings. The molecule has 2 aliphatic heterocycles. The average Bonchev–Trinajstić information content (AvgIpc) is 2.70. The second kappa shape index (κ2) is 5.14. The van der Waals surface area contributed by atoms with Crippen molar-refractivity contribution in [1.29, 1.82) is 0 Å². The van der Waals surface area contributed by atoms with E-state index in [4.69, 9.17) is 11.6 Å². The maximum Gasteiger partial charge on any atom is 0.327 e. The minimum atomic E-state index is -0.574. The molecule has 0 aliphatic carbocycles. The van der Waals surface area contributed by atoms with Crippen LogP contribution in [0.3, 0.4) is 0 Å². The second-order valence-corrected chi connectivity index (χ2v) is 5.38. The lowest BCUT2D eigenvalue weighted by molar-refractivity contribution is -0.128. The summed E-state index contributed by atoms with van der Waals surface area (Å²) in [6, 6.07) is -0.844. The number of urea groups is 1. The van der Waals surface area contributed by atoms with E-state index < -0.39 is 11.9 Å². The molecular weight excluding hydrogens is 299 g/mol. The zero-order valence-corrected chi connectivity index (χ0v) is 12.2. The summed E-state index contributed by atoms with van der Waals surface area (Å²) in [5, 5.41) is 0.201. The number of imide groups is 1. The number of hydrogen-bond donors (Lipinski definition) is 0. The number of pyridine rings is 1. The Morgan fingerprint density at radius 1 is 1.38 bits per heavy atom. The van der Waals surface area contributed by atoms with Crippen molar-refractivity contribution >= 4 is 29.2 Å². The second-order valence-electron chi connectivity index (χ2n) is 4.97. The van der Waals surface area contributed by atoms with Crippen molar-refractivity contribution < 1.29 is 14.0 Å². The largest absolute Gasteiger partial charge is 0.363 e. The summed E-state index contributed by atoms with van der Waals surface area (Å²) in [5.74, 6) is -0.766. The number of nitrogens with zero attached hydrogens (tertiary/aromatic N) is 4. The Balaban J connectivity index is 1.88. The number of carbonyl (C=O) groups excluding carboxylic acids is 2. The lowest BCUT2D eigenvalue weighted by atomic mass is 10.1. The van der Waals surface area contributed by atoms with Crippen LogP contribution in [-0.4, -0.2) is 58.9 Å². The molecule has 6 nitrogen and oxygen atoms in total. The summed E-state index contributed by atoms with van der Waals surface area (Å²) in [5.41, 5.74) is 0.238. The van der Waals surface area contributed by atoms with Crippen molar-refractivity contribution in [3.05, 3.63) is 23.2 Å². The highest BCUT2D eigenvalue weighted by Crippen LogP contribution is 2.31. The van der Waals surface area contributed by atoms with Crippen molar-refractivity contribution in [3.63, 3.8) is 0 Å². The summed E-state index contributed by atoms with van der Waals surface area (Å²) in [6.45, 7) is 3.12. The number of fused-ring (bicyclic) bond motifs is 1. The van der Waals surface area contributed by atoms with Gasteiger partial charge in [0, 0.05) is 32.4 Å². The fourth-order valence-corrected chi connectivity index (χ4v) is 3.12. The van der Waals surface area contributed by atoms with E-state index in [9.17, 15) is 14.0 Å². The standard InChI is InChI=1S/C13H14ClFN4O2/c1-2-18-12(20)10-7-17(3-4-19(10)13(18)21)11-8(14)5-16-6-9(11)15/h5-6,10H,2-4,7H2,1H3. The summed E-state index contributed by atoms with van der Waals surface area (Å²) in [4.78, 5) is 32.4. The number of halogens is 2. The highest BCUT2D eigenvalue weighted by atomic mass is 35.5. The summed E-state index contributed by atoms with van der Waals surface area (Å²) >= 11 is 6.01. The quantitative estimate of drug-likeness (QED) is 0.774. The average molecular weight is 313 g/mol. The molecule has 1 atom stereocenters. The molecule has 3 rings (SSSR count). The van der Waals surface area contributed by atoms with Gasteiger partial charge in [0.2, 0.25) is 0 Å². The summed E-state index contributed by atoms with van der Waals surface area (Å²) in [7, 11) is 0. The molecule has 3 heterocycles. The van der Waals surface area contributed by atoms with Crippen LogP contribution in [0.1, 0.15) is 6.92 Å². The van der Waals surface area contributed by atoms with Crippen molar-refractivity contribution in [3.8, 4) is 0 Å². The van der Waals surface area contributed by atoms with Gasteiger partial charge in [-0.1, -0.05) is 11.6 Å². The van der Waals surface area contributed by atoms with Crippen LogP contribution in [0.25, 0.3) is 0 Å². The molecule has 3 amide bonds. The van der Waals surface area contributed by atoms with Crippen LogP contribution in [0, 0.1) is 5.82 Å².